The Morgan fingerprint density at radius 3 is 2.53 bits per heavy atom. The Morgan fingerprint density at radius 1 is 1.00 bits per heavy atom. The average Bonchev–Trinajstić information content (AvgIpc) is 3.51. The first-order valence-electron chi connectivity index (χ1n) is 14.3. The van der Waals surface area contributed by atoms with Crippen LogP contribution in [0, 0.1) is 0 Å². The summed E-state index contributed by atoms with van der Waals surface area (Å²) in [5.41, 5.74) is 4.24. The molecule has 11 heteroatoms. The summed E-state index contributed by atoms with van der Waals surface area (Å²) in [6.07, 6.45) is 0. The zero-order chi connectivity index (χ0) is 29.8. The number of anilines is 3. The topological polar surface area (TPSA) is 89.5 Å². The molecule has 2 N–H and O–H groups in total. The Morgan fingerprint density at radius 2 is 1.77 bits per heavy atom. The van der Waals surface area contributed by atoms with Crippen LogP contribution >= 0.6 is 23.5 Å². The van der Waals surface area contributed by atoms with Crippen LogP contribution in [0.25, 0.3) is 0 Å². The molecule has 0 spiro atoms. The molecule has 222 valence electrons. The van der Waals surface area contributed by atoms with E-state index in [1.165, 1.54) is 11.8 Å². The lowest BCUT2D eigenvalue weighted by molar-refractivity contribution is -0.122. The number of benzene rings is 3. The molecule has 3 heterocycles. The summed E-state index contributed by atoms with van der Waals surface area (Å²) in [4.78, 5) is 39.6. The van der Waals surface area contributed by atoms with Gasteiger partial charge in [0.1, 0.15) is 4.91 Å². The molecule has 9 nitrogen and oxygen atoms in total. The van der Waals surface area contributed by atoms with Crippen molar-refractivity contribution in [2.45, 2.75) is 18.4 Å². The third kappa shape index (κ3) is 6.59. The monoisotopic (exact) mass is 614 g/mol. The molecule has 3 aromatic rings. The SMILES string of the molecule is CCNc1ccc(NC(=O)CN2CCOCC2)cc1N=C1S/C(=C2\Sc3ccccc3N2C)C(=O)N1Cc1ccccc1. The van der Waals surface area contributed by atoms with Gasteiger partial charge in [0, 0.05) is 37.3 Å². The number of amidine groups is 1. The molecule has 0 radical (unpaired) electrons. The second-order valence-corrected chi connectivity index (χ2v) is 12.3. The summed E-state index contributed by atoms with van der Waals surface area (Å²) >= 11 is 3.00. The molecule has 3 aliphatic rings. The standard InChI is InChI=1S/C32H34N6O3S2/c1-3-33-24-14-13-23(34-28(39)21-37-15-17-41-18-16-37)19-25(24)35-32-38(20-22-9-5-4-6-10-22)30(40)29(43-32)31-36(2)26-11-7-8-12-27(26)42-31/h4-14,19,33H,3,15-18,20-21H2,1-2H3,(H,34,39)/b31-29-,35-32?. The van der Waals surface area contributed by atoms with Crippen LogP contribution in [0.15, 0.2) is 92.6 Å². The lowest BCUT2D eigenvalue weighted by Crippen LogP contribution is -2.41. The van der Waals surface area contributed by atoms with Gasteiger partial charge in [0.25, 0.3) is 5.91 Å². The largest absolute Gasteiger partial charge is 0.384 e. The van der Waals surface area contributed by atoms with E-state index >= 15 is 0 Å². The lowest BCUT2D eigenvalue weighted by Gasteiger charge is -2.25. The van der Waals surface area contributed by atoms with Crippen molar-refractivity contribution in [3.63, 3.8) is 0 Å². The van der Waals surface area contributed by atoms with Crippen molar-refractivity contribution in [3.05, 3.63) is 88.3 Å². The summed E-state index contributed by atoms with van der Waals surface area (Å²) in [5, 5.41) is 7.90. The van der Waals surface area contributed by atoms with Gasteiger partial charge in [-0.3, -0.25) is 19.4 Å². The van der Waals surface area contributed by atoms with Crippen LogP contribution in [0.3, 0.4) is 0 Å². The highest BCUT2D eigenvalue weighted by Crippen LogP contribution is 2.50. The summed E-state index contributed by atoms with van der Waals surface area (Å²) in [7, 11) is 2.00. The first kappa shape index (κ1) is 29.3. The third-order valence-electron chi connectivity index (χ3n) is 7.32. The van der Waals surface area contributed by atoms with E-state index in [1.54, 1.807) is 16.7 Å². The number of hydrogen-bond donors (Lipinski definition) is 2. The fourth-order valence-electron chi connectivity index (χ4n) is 5.13. The van der Waals surface area contributed by atoms with E-state index in [1.807, 2.05) is 74.6 Å². The van der Waals surface area contributed by atoms with Crippen molar-refractivity contribution >= 4 is 63.3 Å². The van der Waals surface area contributed by atoms with Gasteiger partial charge < -0.3 is 20.3 Å². The molecule has 2 amide bonds. The van der Waals surface area contributed by atoms with Crippen molar-refractivity contribution < 1.29 is 14.3 Å². The number of aliphatic imine (C=N–C) groups is 1. The minimum absolute atomic E-state index is 0.0743. The number of carbonyl (C=O) groups is 2. The number of nitrogens with one attached hydrogen (secondary N) is 2. The zero-order valence-electron chi connectivity index (χ0n) is 24.2. The van der Waals surface area contributed by atoms with Crippen molar-refractivity contribution in [1.82, 2.24) is 9.80 Å². The van der Waals surface area contributed by atoms with Gasteiger partial charge in [0.15, 0.2) is 5.17 Å². The normalized spacial score (nSPS) is 19.7. The van der Waals surface area contributed by atoms with Crippen molar-refractivity contribution in [2.24, 2.45) is 4.99 Å². The van der Waals surface area contributed by atoms with Gasteiger partial charge >= 0.3 is 0 Å². The molecule has 0 aliphatic carbocycles. The van der Waals surface area contributed by atoms with Gasteiger partial charge in [0.05, 0.1) is 48.4 Å². The Hall–Kier alpha value is -3.77. The van der Waals surface area contributed by atoms with Crippen molar-refractivity contribution in [3.8, 4) is 0 Å². The van der Waals surface area contributed by atoms with Crippen LogP contribution in [0.5, 0.6) is 0 Å². The quantitative estimate of drug-likeness (QED) is 0.319. The number of morpholine rings is 1. The molecule has 0 atom stereocenters. The molecule has 43 heavy (non-hydrogen) atoms. The summed E-state index contributed by atoms with van der Waals surface area (Å²) in [6, 6.07) is 23.8. The van der Waals surface area contributed by atoms with E-state index in [2.05, 4.69) is 32.6 Å². The number of amides is 2. The average molecular weight is 615 g/mol. The fourth-order valence-corrected chi connectivity index (χ4v) is 7.47. The second kappa shape index (κ2) is 13.3. The van der Waals surface area contributed by atoms with E-state index in [0.717, 1.165) is 40.0 Å². The Bertz CT molecular complexity index is 1570. The molecule has 2 fully saturated rings. The third-order valence-corrected chi connectivity index (χ3v) is 9.75. The first-order chi connectivity index (χ1) is 21.0. The van der Waals surface area contributed by atoms with E-state index in [4.69, 9.17) is 9.73 Å². The zero-order valence-corrected chi connectivity index (χ0v) is 25.8. The summed E-state index contributed by atoms with van der Waals surface area (Å²) in [6.45, 7) is 6.20. The summed E-state index contributed by atoms with van der Waals surface area (Å²) in [5.74, 6) is -0.157. The number of carbonyl (C=O) groups excluding carboxylic acids is 2. The van der Waals surface area contributed by atoms with Gasteiger partial charge in [-0.1, -0.05) is 54.2 Å². The van der Waals surface area contributed by atoms with Crippen LogP contribution in [0.1, 0.15) is 12.5 Å². The van der Waals surface area contributed by atoms with Crippen LogP contribution in [-0.4, -0.2) is 73.2 Å². The Kier molecular flexibility index (Phi) is 9.03. The minimum atomic E-state index is -0.0827. The molecular weight excluding hydrogens is 581 g/mol. The number of nitrogens with zero attached hydrogens (tertiary/aromatic N) is 4. The van der Waals surface area contributed by atoms with Crippen LogP contribution in [-0.2, 0) is 20.9 Å². The maximum absolute atomic E-state index is 14.0. The molecular formula is C32H34N6O3S2. The highest BCUT2D eigenvalue weighted by molar-refractivity contribution is 8.19. The van der Waals surface area contributed by atoms with Gasteiger partial charge in [0.2, 0.25) is 5.91 Å². The number of thioether (sulfide) groups is 2. The fraction of sp³-hybridized carbons (Fsp3) is 0.281. The predicted molar refractivity (Wildman–Crippen MR) is 176 cm³/mol. The highest BCUT2D eigenvalue weighted by atomic mass is 32.2. The van der Waals surface area contributed by atoms with Crippen molar-refractivity contribution in [1.29, 1.82) is 0 Å². The molecule has 2 saturated heterocycles. The van der Waals surface area contributed by atoms with E-state index in [9.17, 15) is 9.59 Å². The summed E-state index contributed by atoms with van der Waals surface area (Å²) < 4.78 is 5.40. The lowest BCUT2D eigenvalue weighted by atomic mass is 10.2. The maximum Gasteiger partial charge on any atom is 0.269 e. The van der Waals surface area contributed by atoms with E-state index in [-0.39, 0.29) is 11.8 Å². The Balaban J connectivity index is 1.33. The van der Waals surface area contributed by atoms with Gasteiger partial charge in [-0.2, -0.15) is 0 Å². The molecule has 0 aromatic heterocycles. The highest BCUT2D eigenvalue weighted by Gasteiger charge is 2.39. The molecule has 3 aromatic carbocycles. The number of ether oxygens (including phenoxy) is 1. The van der Waals surface area contributed by atoms with Crippen molar-refractivity contribution in [2.75, 3.05) is 62.0 Å². The second-order valence-electron chi connectivity index (χ2n) is 10.3. The van der Waals surface area contributed by atoms with Crippen LogP contribution < -0.4 is 15.5 Å². The minimum Gasteiger partial charge on any atom is -0.384 e. The van der Waals surface area contributed by atoms with Gasteiger partial charge in [-0.15, -0.1) is 0 Å². The van der Waals surface area contributed by atoms with Crippen LogP contribution in [0.4, 0.5) is 22.7 Å². The Labute approximate surface area is 260 Å². The maximum atomic E-state index is 14.0. The molecule has 0 saturated carbocycles. The first-order valence-corrected chi connectivity index (χ1v) is 16.0. The van der Waals surface area contributed by atoms with E-state index in [0.29, 0.717) is 54.3 Å². The molecule has 3 aliphatic heterocycles. The van der Waals surface area contributed by atoms with Gasteiger partial charge in [-0.25, -0.2) is 4.99 Å². The predicted octanol–water partition coefficient (Wildman–Crippen LogP) is 5.56. The number of fused-ring (bicyclic) bond motifs is 1. The molecule has 6 rings (SSSR count). The molecule has 0 bridgehead atoms. The molecule has 0 unspecified atom stereocenters. The number of para-hydroxylation sites is 1. The number of hydrogen-bond acceptors (Lipinski definition) is 9. The van der Waals surface area contributed by atoms with E-state index < -0.39 is 0 Å². The van der Waals surface area contributed by atoms with Gasteiger partial charge in [-0.05, 0) is 54.6 Å². The smallest absolute Gasteiger partial charge is 0.269 e. The van der Waals surface area contributed by atoms with Crippen LogP contribution in [0.2, 0.25) is 0 Å². The number of rotatable bonds is 8.